The third-order valence-electron chi connectivity index (χ3n) is 4.86. The molecule has 0 saturated heterocycles. The quantitative estimate of drug-likeness (QED) is 0.367. The number of rotatable bonds is 11. The Labute approximate surface area is 195 Å². The van der Waals surface area contributed by atoms with E-state index in [1.807, 2.05) is 37.3 Å². The van der Waals surface area contributed by atoms with E-state index in [0.29, 0.717) is 13.1 Å². The maximum absolute atomic E-state index is 13.2. The molecular weight excluding hydrogens is 444 g/mol. The van der Waals surface area contributed by atoms with Crippen LogP contribution in [0.25, 0.3) is 0 Å². The second-order valence-corrected chi connectivity index (χ2v) is 9.57. The number of hydrogen-bond acceptors (Lipinski definition) is 6. The second kappa shape index (κ2) is 11.6. The van der Waals surface area contributed by atoms with E-state index in [4.69, 9.17) is 9.47 Å². The van der Waals surface area contributed by atoms with E-state index in [0.717, 1.165) is 11.1 Å². The van der Waals surface area contributed by atoms with Crippen molar-refractivity contribution >= 4 is 21.9 Å². The molecule has 0 spiro atoms. The number of carbonyl (C=O) groups is 2. The normalized spacial score (nSPS) is 11.2. The standard InChI is InChI=1S/C24H30N2O6S/c1-6-26(15-18(2)3)23(27)17-32-24(28)20-12-13-21(31-5)22(14-20)33(29,30)25(4)16-19-10-8-7-9-11-19/h7-14H,2,6,15-17H2,1,3-5H3. The number of carbonyl (C=O) groups excluding carboxylic acids is 2. The average molecular weight is 475 g/mol. The molecule has 2 aromatic carbocycles. The minimum atomic E-state index is -3.98. The van der Waals surface area contributed by atoms with E-state index in [-0.39, 0.29) is 28.7 Å². The van der Waals surface area contributed by atoms with Gasteiger partial charge in [0.25, 0.3) is 5.91 Å². The van der Waals surface area contributed by atoms with Crippen molar-refractivity contribution in [3.63, 3.8) is 0 Å². The zero-order valence-electron chi connectivity index (χ0n) is 19.4. The molecular formula is C24H30N2O6S. The van der Waals surface area contributed by atoms with Crippen molar-refractivity contribution in [3.05, 3.63) is 71.8 Å². The number of ether oxygens (including phenoxy) is 2. The van der Waals surface area contributed by atoms with Crippen molar-refractivity contribution in [2.45, 2.75) is 25.3 Å². The molecule has 0 radical (unpaired) electrons. The van der Waals surface area contributed by atoms with Gasteiger partial charge in [-0.1, -0.05) is 42.5 Å². The number of esters is 1. The molecule has 0 N–H and O–H groups in total. The second-order valence-electron chi connectivity index (χ2n) is 7.55. The number of likely N-dealkylation sites (N-methyl/N-ethyl adjacent to an activating group) is 1. The summed E-state index contributed by atoms with van der Waals surface area (Å²) in [6.07, 6.45) is 0. The third-order valence-corrected chi connectivity index (χ3v) is 6.68. The molecule has 0 atom stereocenters. The van der Waals surface area contributed by atoms with Gasteiger partial charge in [0.15, 0.2) is 6.61 Å². The summed E-state index contributed by atoms with van der Waals surface area (Å²) in [5.74, 6) is -1.07. The van der Waals surface area contributed by atoms with E-state index in [2.05, 4.69) is 6.58 Å². The topological polar surface area (TPSA) is 93.2 Å². The van der Waals surface area contributed by atoms with Crippen LogP contribution in [0.3, 0.4) is 0 Å². The first-order valence-corrected chi connectivity index (χ1v) is 11.8. The largest absolute Gasteiger partial charge is 0.495 e. The van der Waals surface area contributed by atoms with Crippen LogP contribution in [-0.4, -0.2) is 63.4 Å². The van der Waals surface area contributed by atoms with Crippen LogP contribution < -0.4 is 4.74 Å². The summed E-state index contributed by atoms with van der Waals surface area (Å²) >= 11 is 0. The van der Waals surface area contributed by atoms with Gasteiger partial charge in [-0.15, -0.1) is 0 Å². The Morgan fingerprint density at radius 1 is 1.09 bits per heavy atom. The van der Waals surface area contributed by atoms with E-state index in [9.17, 15) is 18.0 Å². The molecule has 33 heavy (non-hydrogen) atoms. The van der Waals surface area contributed by atoms with Crippen molar-refractivity contribution in [2.75, 3.05) is 33.9 Å². The summed E-state index contributed by atoms with van der Waals surface area (Å²) in [5.41, 5.74) is 1.62. The molecule has 178 valence electrons. The van der Waals surface area contributed by atoms with Gasteiger partial charge in [0.1, 0.15) is 10.6 Å². The fraction of sp³-hybridized carbons (Fsp3) is 0.333. The van der Waals surface area contributed by atoms with Gasteiger partial charge in [0, 0.05) is 26.7 Å². The van der Waals surface area contributed by atoms with Crippen LogP contribution in [0, 0.1) is 0 Å². The minimum Gasteiger partial charge on any atom is -0.495 e. The zero-order chi connectivity index (χ0) is 24.6. The first-order valence-electron chi connectivity index (χ1n) is 10.4. The first-order chi connectivity index (χ1) is 15.6. The van der Waals surface area contributed by atoms with E-state index in [1.165, 1.54) is 41.6 Å². The van der Waals surface area contributed by atoms with Crippen molar-refractivity contribution in [2.24, 2.45) is 0 Å². The van der Waals surface area contributed by atoms with Gasteiger partial charge in [-0.25, -0.2) is 13.2 Å². The Morgan fingerprint density at radius 2 is 1.76 bits per heavy atom. The molecule has 0 heterocycles. The number of sulfonamides is 1. The summed E-state index contributed by atoms with van der Waals surface area (Å²) in [4.78, 5) is 26.2. The molecule has 0 aromatic heterocycles. The average Bonchev–Trinajstić information content (AvgIpc) is 2.80. The van der Waals surface area contributed by atoms with Gasteiger partial charge in [-0.2, -0.15) is 4.31 Å². The number of benzene rings is 2. The summed E-state index contributed by atoms with van der Waals surface area (Å²) in [6, 6.07) is 13.1. The SMILES string of the molecule is C=C(C)CN(CC)C(=O)COC(=O)c1ccc(OC)c(S(=O)(=O)N(C)Cc2ccccc2)c1. The molecule has 2 aromatic rings. The lowest BCUT2D eigenvalue weighted by atomic mass is 10.2. The molecule has 0 unspecified atom stereocenters. The fourth-order valence-corrected chi connectivity index (χ4v) is 4.44. The van der Waals surface area contributed by atoms with E-state index in [1.54, 1.807) is 6.92 Å². The highest BCUT2D eigenvalue weighted by Crippen LogP contribution is 2.28. The molecule has 0 aliphatic rings. The van der Waals surface area contributed by atoms with E-state index < -0.39 is 22.6 Å². The maximum Gasteiger partial charge on any atom is 0.338 e. The van der Waals surface area contributed by atoms with Crippen LogP contribution in [-0.2, 0) is 26.1 Å². The van der Waals surface area contributed by atoms with Crippen LogP contribution in [0.15, 0.2) is 65.6 Å². The van der Waals surface area contributed by atoms with Crippen LogP contribution in [0.2, 0.25) is 0 Å². The van der Waals surface area contributed by atoms with Gasteiger partial charge in [-0.3, -0.25) is 4.79 Å². The molecule has 0 saturated carbocycles. The highest BCUT2D eigenvalue weighted by Gasteiger charge is 2.27. The van der Waals surface area contributed by atoms with Crippen molar-refractivity contribution < 1.29 is 27.5 Å². The van der Waals surface area contributed by atoms with Crippen LogP contribution in [0.4, 0.5) is 0 Å². The zero-order valence-corrected chi connectivity index (χ0v) is 20.2. The van der Waals surface area contributed by atoms with Crippen LogP contribution >= 0.6 is 0 Å². The van der Waals surface area contributed by atoms with Gasteiger partial charge in [0.2, 0.25) is 10.0 Å². The molecule has 1 amide bonds. The molecule has 0 aliphatic heterocycles. The Morgan fingerprint density at radius 3 is 2.33 bits per heavy atom. The Bertz CT molecular complexity index is 1100. The minimum absolute atomic E-state index is 0.00163. The third kappa shape index (κ3) is 6.90. The van der Waals surface area contributed by atoms with Gasteiger partial charge >= 0.3 is 5.97 Å². The smallest absolute Gasteiger partial charge is 0.338 e. The van der Waals surface area contributed by atoms with Crippen molar-refractivity contribution in [1.29, 1.82) is 0 Å². The molecule has 8 nitrogen and oxygen atoms in total. The molecule has 0 bridgehead atoms. The molecule has 0 aliphatic carbocycles. The predicted molar refractivity (Wildman–Crippen MR) is 125 cm³/mol. The lowest BCUT2D eigenvalue weighted by Crippen LogP contribution is -2.35. The fourth-order valence-electron chi connectivity index (χ4n) is 3.10. The molecule has 0 fully saturated rings. The Balaban J connectivity index is 2.21. The highest BCUT2D eigenvalue weighted by atomic mass is 32.2. The van der Waals surface area contributed by atoms with Crippen LogP contribution in [0.1, 0.15) is 29.8 Å². The van der Waals surface area contributed by atoms with Crippen LogP contribution in [0.5, 0.6) is 5.75 Å². The summed E-state index contributed by atoms with van der Waals surface area (Å²) in [5, 5.41) is 0. The van der Waals surface area contributed by atoms with Gasteiger partial charge < -0.3 is 14.4 Å². The number of amides is 1. The number of nitrogens with zero attached hydrogens (tertiary/aromatic N) is 2. The summed E-state index contributed by atoms with van der Waals surface area (Å²) in [7, 11) is -1.18. The summed E-state index contributed by atoms with van der Waals surface area (Å²) in [6.45, 7) is 7.90. The number of hydrogen-bond donors (Lipinski definition) is 0. The summed E-state index contributed by atoms with van der Waals surface area (Å²) < 4.78 is 38.0. The maximum atomic E-state index is 13.2. The van der Waals surface area contributed by atoms with Gasteiger partial charge in [-0.05, 0) is 37.6 Å². The lowest BCUT2D eigenvalue weighted by Gasteiger charge is -2.21. The first kappa shape index (κ1) is 26.1. The van der Waals surface area contributed by atoms with Gasteiger partial charge in [0.05, 0.1) is 12.7 Å². The number of methoxy groups -OCH3 is 1. The highest BCUT2D eigenvalue weighted by molar-refractivity contribution is 7.89. The Kier molecular flexibility index (Phi) is 9.19. The monoisotopic (exact) mass is 474 g/mol. The van der Waals surface area contributed by atoms with Crippen molar-refractivity contribution in [1.82, 2.24) is 9.21 Å². The predicted octanol–water partition coefficient (Wildman–Crippen LogP) is 3.10. The van der Waals surface area contributed by atoms with E-state index >= 15 is 0 Å². The lowest BCUT2D eigenvalue weighted by molar-refractivity contribution is -0.133. The Hall–Kier alpha value is -3.17. The molecule has 9 heteroatoms. The van der Waals surface area contributed by atoms with Crippen molar-refractivity contribution in [3.8, 4) is 5.75 Å². The molecule has 2 rings (SSSR count).